The fourth-order valence-electron chi connectivity index (χ4n) is 3.67. The van der Waals surface area contributed by atoms with Gasteiger partial charge in [-0.3, -0.25) is 9.59 Å². The molecule has 3 unspecified atom stereocenters. The van der Waals surface area contributed by atoms with Crippen molar-refractivity contribution in [1.82, 2.24) is 15.5 Å². The Morgan fingerprint density at radius 2 is 1.62 bits per heavy atom. The zero-order valence-corrected chi connectivity index (χ0v) is 22.9. The number of amides is 3. The fraction of sp³-hybridized carbons (Fsp3) is 0.667. The number of hydrogen-bond acceptors (Lipinski definition) is 4. The van der Waals surface area contributed by atoms with E-state index in [1.807, 2.05) is 79.7 Å². The van der Waals surface area contributed by atoms with Crippen molar-refractivity contribution in [2.24, 2.45) is 5.92 Å². The third kappa shape index (κ3) is 8.99. The molecule has 3 atom stereocenters. The number of hydrogen-bond donors (Lipinski definition) is 2. The van der Waals surface area contributed by atoms with Crippen LogP contribution in [0.3, 0.4) is 0 Å². The minimum absolute atomic E-state index is 0.162. The number of rotatable bonds is 8. The van der Waals surface area contributed by atoms with E-state index in [-0.39, 0.29) is 23.8 Å². The number of ether oxygens (including phenoxy) is 1. The van der Waals surface area contributed by atoms with Crippen LogP contribution in [-0.2, 0) is 14.3 Å². The minimum Gasteiger partial charge on any atom is -0.444 e. The Bertz CT molecular complexity index is 852. The first kappa shape index (κ1) is 29.5. The van der Waals surface area contributed by atoms with E-state index in [9.17, 15) is 14.4 Å². The number of alkyl carbamates (subject to hydrolysis) is 1. The van der Waals surface area contributed by atoms with Crippen LogP contribution in [0.2, 0.25) is 0 Å². The van der Waals surface area contributed by atoms with E-state index < -0.39 is 29.3 Å². The van der Waals surface area contributed by atoms with E-state index in [2.05, 4.69) is 10.6 Å². The number of aryl methyl sites for hydroxylation is 1. The summed E-state index contributed by atoms with van der Waals surface area (Å²) in [6, 6.07) is 5.65. The van der Waals surface area contributed by atoms with Gasteiger partial charge in [0.25, 0.3) is 0 Å². The predicted octanol–water partition coefficient (Wildman–Crippen LogP) is 5.13. The van der Waals surface area contributed by atoms with E-state index in [0.717, 1.165) is 11.1 Å². The first-order valence-electron chi connectivity index (χ1n) is 12.2. The Morgan fingerprint density at radius 3 is 2.06 bits per heavy atom. The molecule has 0 aliphatic heterocycles. The number of benzene rings is 1. The minimum atomic E-state index is -0.849. The number of carbonyl (C=O) groups is 3. The van der Waals surface area contributed by atoms with Crippen molar-refractivity contribution >= 4 is 17.9 Å². The highest BCUT2D eigenvalue weighted by molar-refractivity contribution is 5.92. The summed E-state index contributed by atoms with van der Waals surface area (Å²) in [6.07, 6.45) is 0.0163. The monoisotopic (exact) mass is 475 g/mol. The smallest absolute Gasteiger partial charge is 0.408 e. The molecule has 0 saturated carbocycles. The predicted molar refractivity (Wildman–Crippen MR) is 136 cm³/mol. The molecule has 1 aromatic rings. The summed E-state index contributed by atoms with van der Waals surface area (Å²) in [4.78, 5) is 41.8. The van der Waals surface area contributed by atoms with Crippen molar-refractivity contribution in [3.63, 3.8) is 0 Å². The molecule has 192 valence electrons. The van der Waals surface area contributed by atoms with E-state index in [4.69, 9.17) is 4.74 Å². The zero-order chi connectivity index (χ0) is 26.4. The maximum absolute atomic E-state index is 14.0. The lowest BCUT2D eigenvalue weighted by molar-refractivity contribution is -0.146. The van der Waals surface area contributed by atoms with Crippen molar-refractivity contribution < 1.29 is 19.1 Å². The molecule has 34 heavy (non-hydrogen) atoms. The lowest BCUT2D eigenvalue weighted by Gasteiger charge is -2.39. The van der Waals surface area contributed by atoms with Crippen molar-refractivity contribution in [2.75, 3.05) is 0 Å². The van der Waals surface area contributed by atoms with Crippen molar-refractivity contribution in [3.8, 4) is 0 Å². The molecule has 2 N–H and O–H groups in total. The molecule has 7 heteroatoms. The highest BCUT2D eigenvalue weighted by atomic mass is 16.6. The SMILES string of the molecule is CCC(C)C(NC(=O)OC(C)(C)C)C(=O)N(C(C)C)C(C(=O)NC(C)(C)C)c1cccc(C)c1. The Kier molecular flexibility index (Phi) is 10.2. The quantitative estimate of drug-likeness (QED) is 0.546. The van der Waals surface area contributed by atoms with Crippen molar-refractivity contribution in [3.05, 3.63) is 35.4 Å². The van der Waals surface area contributed by atoms with Gasteiger partial charge in [0.05, 0.1) is 0 Å². The van der Waals surface area contributed by atoms with Crippen LogP contribution < -0.4 is 10.6 Å². The Morgan fingerprint density at radius 1 is 1.03 bits per heavy atom. The molecule has 0 aliphatic carbocycles. The van der Waals surface area contributed by atoms with Crippen LogP contribution in [-0.4, -0.2) is 46.0 Å². The molecule has 0 heterocycles. The maximum atomic E-state index is 14.0. The third-order valence-corrected chi connectivity index (χ3v) is 5.34. The fourth-order valence-corrected chi connectivity index (χ4v) is 3.67. The number of nitrogens with one attached hydrogen (secondary N) is 2. The van der Waals surface area contributed by atoms with Crippen LogP contribution in [0.25, 0.3) is 0 Å². The second-order valence-corrected chi connectivity index (χ2v) is 11.4. The summed E-state index contributed by atoms with van der Waals surface area (Å²) in [7, 11) is 0. The number of carbonyl (C=O) groups excluding carboxylic acids is 3. The van der Waals surface area contributed by atoms with Crippen LogP contribution in [0.1, 0.15) is 92.8 Å². The molecule has 0 spiro atoms. The molecule has 7 nitrogen and oxygen atoms in total. The van der Waals surface area contributed by atoms with E-state index in [1.165, 1.54) is 0 Å². The molecule has 1 aromatic carbocycles. The largest absolute Gasteiger partial charge is 0.444 e. The molecular formula is C27H45N3O4. The first-order chi connectivity index (χ1) is 15.5. The molecule has 1 rings (SSSR count). The van der Waals surface area contributed by atoms with E-state index >= 15 is 0 Å². The van der Waals surface area contributed by atoms with Gasteiger partial charge in [-0.25, -0.2) is 4.79 Å². The van der Waals surface area contributed by atoms with Gasteiger partial charge in [-0.05, 0) is 73.8 Å². The molecule has 0 aromatic heterocycles. The highest BCUT2D eigenvalue weighted by Crippen LogP contribution is 2.28. The first-order valence-corrected chi connectivity index (χ1v) is 12.2. The summed E-state index contributed by atoms with van der Waals surface area (Å²) < 4.78 is 5.43. The highest BCUT2D eigenvalue weighted by Gasteiger charge is 2.40. The maximum Gasteiger partial charge on any atom is 0.408 e. The summed E-state index contributed by atoms with van der Waals surface area (Å²) in [5, 5.41) is 5.82. The van der Waals surface area contributed by atoms with Gasteiger partial charge >= 0.3 is 6.09 Å². The third-order valence-electron chi connectivity index (χ3n) is 5.34. The lowest BCUT2D eigenvalue weighted by Crippen LogP contribution is -2.58. The van der Waals surface area contributed by atoms with Gasteiger partial charge in [0.1, 0.15) is 17.7 Å². The second-order valence-electron chi connectivity index (χ2n) is 11.4. The van der Waals surface area contributed by atoms with Gasteiger partial charge in [0.15, 0.2) is 0 Å². The van der Waals surface area contributed by atoms with Gasteiger partial charge in [0.2, 0.25) is 11.8 Å². The van der Waals surface area contributed by atoms with Crippen LogP contribution in [0, 0.1) is 12.8 Å². The Labute approximate surface area is 206 Å². The average Bonchev–Trinajstić information content (AvgIpc) is 2.65. The average molecular weight is 476 g/mol. The van der Waals surface area contributed by atoms with Crippen LogP contribution >= 0.6 is 0 Å². The van der Waals surface area contributed by atoms with Crippen LogP contribution in [0.4, 0.5) is 4.79 Å². The molecule has 3 amide bonds. The van der Waals surface area contributed by atoms with Gasteiger partial charge < -0.3 is 20.3 Å². The summed E-state index contributed by atoms with van der Waals surface area (Å²) >= 11 is 0. The molecular weight excluding hydrogens is 430 g/mol. The summed E-state index contributed by atoms with van der Waals surface area (Å²) in [5.74, 6) is -0.740. The van der Waals surface area contributed by atoms with Gasteiger partial charge in [-0.1, -0.05) is 50.1 Å². The van der Waals surface area contributed by atoms with Crippen molar-refractivity contribution in [1.29, 1.82) is 0 Å². The summed E-state index contributed by atoms with van der Waals surface area (Å²) in [6.45, 7) is 20.6. The molecule has 0 radical (unpaired) electrons. The standard InChI is InChI=1S/C27H45N3O4/c1-12-19(5)21(28-25(33)34-27(9,10)11)24(32)30(17(2)3)22(23(31)29-26(6,7)8)20-15-13-14-18(4)16-20/h13-17,19,21-22H,12H2,1-11H3,(H,28,33)(H,29,31). The van der Waals surface area contributed by atoms with E-state index in [0.29, 0.717) is 6.42 Å². The van der Waals surface area contributed by atoms with Gasteiger partial charge in [-0.2, -0.15) is 0 Å². The van der Waals surface area contributed by atoms with Gasteiger partial charge in [-0.15, -0.1) is 0 Å². The summed E-state index contributed by atoms with van der Waals surface area (Å²) in [5.41, 5.74) is 0.550. The van der Waals surface area contributed by atoms with E-state index in [1.54, 1.807) is 25.7 Å². The molecule has 0 bridgehead atoms. The second kappa shape index (κ2) is 11.7. The van der Waals surface area contributed by atoms with Crippen LogP contribution in [0.15, 0.2) is 24.3 Å². The van der Waals surface area contributed by atoms with Crippen LogP contribution in [0.5, 0.6) is 0 Å². The van der Waals surface area contributed by atoms with Gasteiger partial charge in [0, 0.05) is 11.6 Å². The molecule has 0 fully saturated rings. The van der Waals surface area contributed by atoms with Crippen molar-refractivity contribution in [2.45, 2.75) is 112 Å². The zero-order valence-electron chi connectivity index (χ0n) is 22.9. The molecule has 0 aliphatic rings. The lowest BCUT2D eigenvalue weighted by atomic mass is 9.94. The normalized spacial score (nSPS) is 14.7. The Balaban J connectivity index is 3.52. The Hall–Kier alpha value is -2.57. The number of nitrogens with zero attached hydrogens (tertiary/aromatic N) is 1. The topological polar surface area (TPSA) is 87.7 Å². The molecule has 0 saturated heterocycles.